The molecule has 0 aromatic heterocycles. The van der Waals surface area contributed by atoms with Gasteiger partial charge in [-0.1, -0.05) is 37.6 Å². The van der Waals surface area contributed by atoms with Crippen LogP contribution in [0.5, 0.6) is 0 Å². The third-order valence-electron chi connectivity index (χ3n) is 5.55. The van der Waals surface area contributed by atoms with Crippen LogP contribution in [0.1, 0.15) is 20.3 Å². The zero-order valence-electron chi connectivity index (χ0n) is 17.1. The van der Waals surface area contributed by atoms with Crippen molar-refractivity contribution in [3.63, 3.8) is 0 Å². The number of halogens is 1. The van der Waals surface area contributed by atoms with Crippen molar-refractivity contribution in [2.45, 2.75) is 26.3 Å². The zero-order valence-corrected chi connectivity index (χ0v) is 17.8. The van der Waals surface area contributed by atoms with E-state index in [1.165, 1.54) is 0 Å². The van der Waals surface area contributed by atoms with E-state index >= 15 is 0 Å². The zero-order chi connectivity index (χ0) is 19.9. The third-order valence-corrected chi connectivity index (χ3v) is 5.87. The maximum atomic E-state index is 12.7. The molecule has 2 fully saturated rings. The van der Waals surface area contributed by atoms with Gasteiger partial charge in [0.2, 0.25) is 0 Å². The first kappa shape index (κ1) is 21.2. The van der Waals surface area contributed by atoms with Gasteiger partial charge in [0.1, 0.15) is 0 Å². The molecule has 0 bridgehead atoms. The fourth-order valence-corrected chi connectivity index (χ4v) is 4.28. The molecule has 0 spiro atoms. The molecule has 7 heteroatoms. The lowest BCUT2D eigenvalue weighted by Gasteiger charge is -2.38. The van der Waals surface area contributed by atoms with E-state index in [2.05, 4.69) is 29.0 Å². The molecule has 2 heterocycles. The Hall–Kier alpha value is -1.50. The molecule has 6 nitrogen and oxygen atoms in total. The van der Waals surface area contributed by atoms with E-state index in [9.17, 15) is 4.79 Å². The number of benzene rings is 1. The highest BCUT2D eigenvalue weighted by Crippen LogP contribution is 2.26. The molecule has 1 atom stereocenters. The molecule has 1 aromatic carbocycles. The number of anilines is 1. The monoisotopic (exact) mass is 408 g/mol. The summed E-state index contributed by atoms with van der Waals surface area (Å²) in [6.07, 6.45) is 1.08. The highest BCUT2D eigenvalue weighted by Gasteiger charge is 2.25. The summed E-state index contributed by atoms with van der Waals surface area (Å²) in [4.78, 5) is 19.3. The number of carbonyl (C=O) groups is 1. The van der Waals surface area contributed by atoms with Gasteiger partial charge in [0.25, 0.3) is 0 Å². The van der Waals surface area contributed by atoms with Gasteiger partial charge in [-0.3, -0.25) is 4.90 Å². The molecule has 2 aliphatic heterocycles. The smallest absolute Gasteiger partial charge is 0.317 e. The van der Waals surface area contributed by atoms with Crippen LogP contribution in [0.2, 0.25) is 5.02 Å². The maximum Gasteiger partial charge on any atom is 0.317 e. The number of amides is 2. The van der Waals surface area contributed by atoms with Crippen molar-refractivity contribution in [3.8, 4) is 0 Å². The lowest BCUT2D eigenvalue weighted by molar-refractivity contribution is 0.0127. The minimum absolute atomic E-state index is 0.0424. The summed E-state index contributed by atoms with van der Waals surface area (Å²) >= 11 is 6.31. The molecule has 3 rings (SSSR count). The predicted octanol–water partition coefficient (Wildman–Crippen LogP) is 2.92. The van der Waals surface area contributed by atoms with Crippen LogP contribution < -0.4 is 10.2 Å². The van der Waals surface area contributed by atoms with Gasteiger partial charge in [0.15, 0.2) is 0 Å². The molecule has 2 saturated heterocycles. The maximum absolute atomic E-state index is 12.7. The van der Waals surface area contributed by atoms with Crippen LogP contribution in [0.15, 0.2) is 24.3 Å². The molecule has 156 valence electrons. The number of rotatable bonds is 6. The van der Waals surface area contributed by atoms with Gasteiger partial charge in [-0.15, -0.1) is 0 Å². The van der Waals surface area contributed by atoms with E-state index in [1.807, 2.05) is 29.2 Å². The summed E-state index contributed by atoms with van der Waals surface area (Å²) in [6, 6.07) is 8.31. The fraction of sp³-hybridized carbons (Fsp3) is 0.667. The Morgan fingerprint density at radius 3 is 2.43 bits per heavy atom. The normalized spacial score (nSPS) is 19.7. The van der Waals surface area contributed by atoms with Crippen LogP contribution in [0.25, 0.3) is 0 Å². The summed E-state index contributed by atoms with van der Waals surface area (Å²) in [7, 11) is 0. The fourth-order valence-electron chi connectivity index (χ4n) is 4.02. The van der Waals surface area contributed by atoms with Crippen molar-refractivity contribution in [3.05, 3.63) is 29.3 Å². The Morgan fingerprint density at radius 2 is 1.79 bits per heavy atom. The topological polar surface area (TPSA) is 48.1 Å². The molecule has 1 aromatic rings. The van der Waals surface area contributed by atoms with Gasteiger partial charge >= 0.3 is 6.03 Å². The van der Waals surface area contributed by atoms with Crippen molar-refractivity contribution in [2.75, 3.05) is 63.9 Å². The molecule has 0 unspecified atom stereocenters. The van der Waals surface area contributed by atoms with Crippen molar-refractivity contribution in [1.29, 1.82) is 0 Å². The highest BCUT2D eigenvalue weighted by atomic mass is 35.5. The standard InChI is InChI=1S/C21H33ClN4O2/c1-17(2)15-18(24-11-13-28-14-12-24)16-23-21(27)26-9-7-25(8-10-26)20-6-4-3-5-19(20)22/h3-6,17-18H,7-16H2,1-2H3,(H,23,27)/t18-/m0/s1. The molecule has 2 aliphatic rings. The van der Waals surface area contributed by atoms with Crippen LogP contribution in [0.4, 0.5) is 10.5 Å². The highest BCUT2D eigenvalue weighted by molar-refractivity contribution is 6.33. The minimum Gasteiger partial charge on any atom is -0.379 e. The number of ether oxygens (including phenoxy) is 1. The number of nitrogens with one attached hydrogen (secondary N) is 1. The van der Waals surface area contributed by atoms with Crippen molar-refractivity contribution in [1.82, 2.24) is 15.1 Å². The number of nitrogens with zero attached hydrogens (tertiary/aromatic N) is 3. The number of piperazine rings is 1. The Bertz CT molecular complexity index is 629. The average Bonchev–Trinajstić information content (AvgIpc) is 2.72. The second kappa shape index (κ2) is 10.3. The Kier molecular flexibility index (Phi) is 7.82. The summed E-state index contributed by atoms with van der Waals surface area (Å²) in [5, 5.41) is 3.95. The first-order chi connectivity index (χ1) is 13.5. The second-order valence-electron chi connectivity index (χ2n) is 8.04. The van der Waals surface area contributed by atoms with E-state index in [-0.39, 0.29) is 6.03 Å². The van der Waals surface area contributed by atoms with Crippen LogP contribution in [-0.4, -0.2) is 80.9 Å². The first-order valence-corrected chi connectivity index (χ1v) is 10.8. The van der Waals surface area contributed by atoms with E-state index in [1.54, 1.807) is 0 Å². The predicted molar refractivity (Wildman–Crippen MR) is 114 cm³/mol. The number of urea groups is 1. The quantitative estimate of drug-likeness (QED) is 0.786. The molecule has 2 amide bonds. The van der Waals surface area contributed by atoms with Crippen LogP contribution in [-0.2, 0) is 4.74 Å². The molecule has 0 saturated carbocycles. The van der Waals surface area contributed by atoms with Crippen LogP contribution in [0, 0.1) is 5.92 Å². The number of carbonyl (C=O) groups excluding carboxylic acids is 1. The Labute approximate surface area is 173 Å². The molecule has 0 radical (unpaired) electrons. The Morgan fingerprint density at radius 1 is 1.11 bits per heavy atom. The minimum atomic E-state index is 0.0424. The van der Waals surface area contributed by atoms with Crippen LogP contribution in [0.3, 0.4) is 0 Å². The van der Waals surface area contributed by atoms with E-state index in [0.29, 0.717) is 31.6 Å². The number of para-hydroxylation sites is 1. The number of hydrogen-bond donors (Lipinski definition) is 1. The van der Waals surface area contributed by atoms with Crippen molar-refractivity contribution >= 4 is 23.3 Å². The molecule has 1 N–H and O–H groups in total. The summed E-state index contributed by atoms with van der Waals surface area (Å²) in [5.41, 5.74) is 1.05. The lowest BCUT2D eigenvalue weighted by Crippen LogP contribution is -2.55. The van der Waals surface area contributed by atoms with E-state index in [0.717, 1.165) is 56.5 Å². The third kappa shape index (κ3) is 5.75. The summed E-state index contributed by atoms with van der Waals surface area (Å²) in [6.45, 7) is 11.7. The van der Waals surface area contributed by atoms with Gasteiger partial charge < -0.3 is 19.9 Å². The van der Waals surface area contributed by atoms with Gasteiger partial charge in [-0.05, 0) is 24.5 Å². The van der Waals surface area contributed by atoms with Gasteiger partial charge in [-0.2, -0.15) is 0 Å². The first-order valence-electron chi connectivity index (χ1n) is 10.4. The SMILES string of the molecule is CC(C)C[C@@H](CNC(=O)N1CCN(c2ccccc2Cl)CC1)N1CCOCC1. The van der Waals surface area contributed by atoms with Gasteiger partial charge in [-0.25, -0.2) is 4.79 Å². The summed E-state index contributed by atoms with van der Waals surface area (Å²) < 4.78 is 5.48. The van der Waals surface area contributed by atoms with Crippen molar-refractivity contribution in [2.24, 2.45) is 5.92 Å². The van der Waals surface area contributed by atoms with Gasteiger partial charge in [0.05, 0.1) is 23.9 Å². The molecule has 28 heavy (non-hydrogen) atoms. The average molecular weight is 409 g/mol. The largest absolute Gasteiger partial charge is 0.379 e. The second-order valence-corrected chi connectivity index (χ2v) is 8.45. The van der Waals surface area contributed by atoms with Crippen LogP contribution >= 0.6 is 11.6 Å². The summed E-state index contributed by atoms with van der Waals surface area (Å²) in [5.74, 6) is 0.601. The van der Waals surface area contributed by atoms with E-state index in [4.69, 9.17) is 16.3 Å². The molecule has 0 aliphatic carbocycles. The van der Waals surface area contributed by atoms with E-state index < -0.39 is 0 Å². The molecular formula is C21H33ClN4O2. The lowest BCUT2D eigenvalue weighted by atomic mass is 10.0. The van der Waals surface area contributed by atoms with Crippen molar-refractivity contribution < 1.29 is 9.53 Å². The Balaban J connectivity index is 1.48. The number of hydrogen-bond acceptors (Lipinski definition) is 4. The van der Waals surface area contributed by atoms with Gasteiger partial charge in [0, 0.05) is 51.9 Å². The number of morpholine rings is 1. The molecular weight excluding hydrogens is 376 g/mol.